The number of rotatable bonds is 11. The number of nitrogens with one attached hydrogen (secondary N) is 3. The number of carbonyl (C=O) groups excluding carboxylic acids is 3. The Kier molecular flexibility index (Phi) is 9.54. The summed E-state index contributed by atoms with van der Waals surface area (Å²) in [5.74, 6) is -0.760. The van der Waals surface area contributed by atoms with Crippen molar-refractivity contribution in [2.45, 2.75) is 26.7 Å². The molecule has 160 valence electrons. The SMILES string of the molecule is CCOCCCNC(=O)c1ccccc1NC(=O)CCNC(=O)c1cccc(C)c1. The maximum Gasteiger partial charge on any atom is 0.253 e. The van der Waals surface area contributed by atoms with Gasteiger partial charge < -0.3 is 20.7 Å². The van der Waals surface area contributed by atoms with Crippen LogP contribution in [0.15, 0.2) is 48.5 Å². The molecule has 30 heavy (non-hydrogen) atoms. The van der Waals surface area contributed by atoms with Gasteiger partial charge in [0.25, 0.3) is 11.8 Å². The average molecular weight is 412 g/mol. The smallest absolute Gasteiger partial charge is 0.253 e. The molecule has 0 unspecified atom stereocenters. The first-order chi connectivity index (χ1) is 14.5. The Balaban J connectivity index is 1.82. The van der Waals surface area contributed by atoms with E-state index >= 15 is 0 Å². The van der Waals surface area contributed by atoms with Gasteiger partial charge in [0.15, 0.2) is 0 Å². The molecule has 7 nitrogen and oxygen atoms in total. The van der Waals surface area contributed by atoms with Crippen LogP contribution in [0.5, 0.6) is 0 Å². The highest BCUT2D eigenvalue weighted by Crippen LogP contribution is 2.15. The highest BCUT2D eigenvalue weighted by atomic mass is 16.5. The van der Waals surface area contributed by atoms with Crippen molar-refractivity contribution in [2.24, 2.45) is 0 Å². The van der Waals surface area contributed by atoms with Crippen molar-refractivity contribution in [1.82, 2.24) is 10.6 Å². The summed E-state index contributed by atoms with van der Waals surface area (Å²) in [6.45, 7) is 5.76. The molecule has 0 radical (unpaired) electrons. The molecule has 7 heteroatoms. The fourth-order valence-corrected chi connectivity index (χ4v) is 2.80. The monoisotopic (exact) mass is 411 g/mol. The topological polar surface area (TPSA) is 96.5 Å². The van der Waals surface area contributed by atoms with Crippen molar-refractivity contribution >= 4 is 23.4 Å². The van der Waals surface area contributed by atoms with E-state index in [-0.39, 0.29) is 30.7 Å². The van der Waals surface area contributed by atoms with Crippen LogP contribution in [-0.4, -0.2) is 44.0 Å². The second kappa shape index (κ2) is 12.4. The van der Waals surface area contributed by atoms with E-state index in [0.717, 1.165) is 12.0 Å². The molecule has 2 rings (SSSR count). The normalized spacial score (nSPS) is 10.3. The second-order valence-corrected chi connectivity index (χ2v) is 6.78. The van der Waals surface area contributed by atoms with Crippen molar-refractivity contribution in [3.8, 4) is 0 Å². The lowest BCUT2D eigenvalue weighted by atomic mass is 10.1. The number of benzene rings is 2. The molecular formula is C23H29N3O4. The first kappa shape index (κ1) is 23.1. The summed E-state index contributed by atoms with van der Waals surface area (Å²) in [5.41, 5.74) is 2.39. The molecule has 0 aliphatic rings. The van der Waals surface area contributed by atoms with Gasteiger partial charge in [-0.15, -0.1) is 0 Å². The minimum Gasteiger partial charge on any atom is -0.382 e. The molecule has 2 aromatic rings. The Labute approximate surface area is 177 Å². The van der Waals surface area contributed by atoms with Gasteiger partial charge >= 0.3 is 0 Å². The predicted molar refractivity (Wildman–Crippen MR) is 117 cm³/mol. The zero-order valence-corrected chi connectivity index (χ0v) is 17.5. The summed E-state index contributed by atoms with van der Waals surface area (Å²) < 4.78 is 5.25. The number of aryl methyl sites for hydroxylation is 1. The summed E-state index contributed by atoms with van der Waals surface area (Å²) >= 11 is 0. The third kappa shape index (κ3) is 7.67. The third-order valence-corrected chi connectivity index (χ3v) is 4.32. The van der Waals surface area contributed by atoms with Gasteiger partial charge in [0.2, 0.25) is 5.91 Å². The minimum atomic E-state index is -0.281. The van der Waals surface area contributed by atoms with Gasteiger partial charge in [0, 0.05) is 38.3 Å². The Bertz CT molecular complexity index is 867. The largest absolute Gasteiger partial charge is 0.382 e. The van der Waals surface area contributed by atoms with Gasteiger partial charge in [-0.2, -0.15) is 0 Å². The highest BCUT2D eigenvalue weighted by molar-refractivity contribution is 6.03. The molecule has 0 heterocycles. The lowest BCUT2D eigenvalue weighted by molar-refractivity contribution is -0.116. The predicted octanol–water partition coefficient (Wildman–Crippen LogP) is 2.91. The Morgan fingerprint density at radius 1 is 0.933 bits per heavy atom. The van der Waals surface area contributed by atoms with E-state index in [2.05, 4.69) is 16.0 Å². The molecule has 0 atom stereocenters. The summed E-state index contributed by atoms with van der Waals surface area (Å²) in [4.78, 5) is 36.8. The van der Waals surface area contributed by atoms with E-state index < -0.39 is 0 Å². The second-order valence-electron chi connectivity index (χ2n) is 6.78. The Morgan fingerprint density at radius 2 is 1.70 bits per heavy atom. The third-order valence-electron chi connectivity index (χ3n) is 4.32. The van der Waals surface area contributed by atoms with Crippen LogP contribution < -0.4 is 16.0 Å². The van der Waals surface area contributed by atoms with Crippen LogP contribution in [0.25, 0.3) is 0 Å². The molecule has 0 spiro atoms. The van der Waals surface area contributed by atoms with Crippen LogP contribution in [0.2, 0.25) is 0 Å². The summed E-state index contributed by atoms with van der Waals surface area (Å²) in [6.07, 6.45) is 0.816. The molecule has 0 aromatic heterocycles. The first-order valence-electron chi connectivity index (χ1n) is 10.1. The Hall–Kier alpha value is -3.19. The van der Waals surface area contributed by atoms with E-state index in [9.17, 15) is 14.4 Å². The van der Waals surface area contributed by atoms with Crippen LogP contribution in [0, 0.1) is 6.92 Å². The number of amides is 3. The molecule has 0 saturated carbocycles. The van der Waals surface area contributed by atoms with E-state index in [0.29, 0.717) is 36.6 Å². The molecule has 0 fully saturated rings. The maximum atomic E-state index is 12.4. The van der Waals surface area contributed by atoms with Gasteiger partial charge in [0.05, 0.1) is 11.3 Å². The van der Waals surface area contributed by atoms with Crippen molar-refractivity contribution < 1.29 is 19.1 Å². The zero-order chi connectivity index (χ0) is 21.8. The van der Waals surface area contributed by atoms with Crippen LogP contribution in [0.3, 0.4) is 0 Å². The molecule has 3 N–H and O–H groups in total. The van der Waals surface area contributed by atoms with Crippen molar-refractivity contribution in [1.29, 1.82) is 0 Å². The molecule has 0 saturated heterocycles. The molecule has 0 aliphatic carbocycles. The number of carbonyl (C=O) groups is 3. The fourth-order valence-electron chi connectivity index (χ4n) is 2.80. The number of ether oxygens (including phenoxy) is 1. The van der Waals surface area contributed by atoms with E-state index in [1.165, 1.54) is 0 Å². The van der Waals surface area contributed by atoms with E-state index in [4.69, 9.17) is 4.74 Å². The van der Waals surface area contributed by atoms with Gasteiger partial charge in [-0.1, -0.05) is 29.8 Å². The molecule has 0 aliphatic heterocycles. The van der Waals surface area contributed by atoms with Crippen molar-refractivity contribution in [2.75, 3.05) is 31.6 Å². The van der Waals surface area contributed by atoms with Gasteiger partial charge in [-0.05, 0) is 44.5 Å². The number of para-hydroxylation sites is 1. The minimum absolute atomic E-state index is 0.0991. The maximum absolute atomic E-state index is 12.4. The summed E-state index contributed by atoms with van der Waals surface area (Å²) in [7, 11) is 0. The van der Waals surface area contributed by atoms with Crippen LogP contribution in [0.1, 0.15) is 46.0 Å². The Morgan fingerprint density at radius 3 is 2.47 bits per heavy atom. The van der Waals surface area contributed by atoms with Gasteiger partial charge in [-0.25, -0.2) is 0 Å². The number of hydrogen-bond acceptors (Lipinski definition) is 4. The molecule has 3 amide bonds. The van der Waals surface area contributed by atoms with E-state index in [1.807, 2.05) is 26.0 Å². The van der Waals surface area contributed by atoms with Crippen LogP contribution >= 0.6 is 0 Å². The lowest BCUT2D eigenvalue weighted by Gasteiger charge is -2.12. The fraction of sp³-hybridized carbons (Fsp3) is 0.348. The summed E-state index contributed by atoms with van der Waals surface area (Å²) in [6, 6.07) is 14.1. The molecule has 0 bridgehead atoms. The summed E-state index contributed by atoms with van der Waals surface area (Å²) in [5, 5.41) is 8.31. The lowest BCUT2D eigenvalue weighted by Crippen LogP contribution is -2.29. The zero-order valence-electron chi connectivity index (χ0n) is 17.5. The van der Waals surface area contributed by atoms with Crippen molar-refractivity contribution in [3.63, 3.8) is 0 Å². The molecule has 2 aromatic carbocycles. The van der Waals surface area contributed by atoms with E-state index in [1.54, 1.807) is 36.4 Å². The average Bonchev–Trinajstić information content (AvgIpc) is 2.73. The molecular weight excluding hydrogens is 382 g/mol. The van der Waals surface area contributed by atoms with Crippen molar-refractivity contribution in [3.05, 3.63) is 65.2 Å². The standard InChI is InChI=1S/C23H29N3O4/c1-3-30-15-7-13-24-23(29)19-10-4-5-11-20(19)26-21(27)12-14-25-22(28)18-9-6-8-17(2)16-18/h4-6,8-11,16H,3,7,12-15H2,1-2H3,(H,24,29)(H,25,28)(H,26,27). The quantitative estimate of drug-likeness (QED) is 0.495. The highest BCUT2D eigenvalue weighted by Gasteiger charge is 2.13. The van der Waals surface area contributed by atoms with Crippen LogP contribution in [0.4, 0.5) is 5.69 Å². The van der Waals surface area contributed by atoms with Gasteiger partial charge in [0.1, 0.15) is 0 Å². The van der Waals surface area contributed by atoms with Gasteiger partial charge in [-0.3, -0.25) is 14.4 Å². The van der Waals surface area contributed by atoms with Crippen LogP contribution in [-0.2, 0) is 9.53 Å². The first-order valence-corrected chi connectivity index (χ1v) is 10.1. The number of anilines is 1. The number of hydrogen-bond donors (Lipinski definition) is 3.